The monoisotopic (exact) mass is 459 g/mol. The lowest BCUT2D eigenvalue weighted by Gasteiger charge is -2.33. The number of hydrogen-bond donors (Lipinski definition) is 1. The van der Waals surface area contributed by atoms with E-state index in [4.69, 9.17) is 0 Å². The van der Waals surface area contributed by atoms with E-state index in [1.165, 1.54) is 17.3 Å². The quantitative estimate of drug-likeness (QED) is 0.425. The van der Waals surface area contributed by atoms with Crippen LogP contribution in [0.4, 0.5) is 0 Å². The number of aromatic nitrogens is 5. The number of thioether (sulfide) groups is 1. The standard InChI is InChI=1S/C24H25N7OS/c32-22(26-20-9-5-13-30(16-20)15-18-6-2-1-3-7-18)17-33-23-11-10-21-27-28-24(31(21)29-23)19-8-4-12-25-14-19/h1-4,6-8,10-12,14,20H,5,9,13,15-17H2,(H,26,32)/t20-/m0/s1. The Morgan fingerprint density at radius 3 is 2.85 bits per heavy atom. The lowest BCUT2D eigenvalue weighted by atomic mass is 10.0. The van der Waals surface area contributed by atoms with E-state index in [1.54, 1.807) is 16.9 Å². The number of hydrogen-bond acceptors (Lipinski definition) is 7. The minimum atomic E-state index is 0.0321. The normalized spacial score (nSPS) is 16.7. The van der Waals surface area contributed by atoms with Gasteiger partial charge in [-0.05, 0) is 49.2 Å². The van der Waals surface area contributed by atoms with Crippen LogP contribution < -0.4 is 5.32 Å². The van der Waals surface area contributed by atoms with Gasteiger partial charge in [0.2, 0.25) is 5.91 Å². The average molecular weight is 460 g/mol. The summed E-state index contributed by atoms with van der Waals surface area (Å²) in [6, 6.07) is 18.2. The molecule has 0 aliphatic carbocycles. The Hall–Kier alpha value is -3.30. The largest absolute Gasteiger partial charge is 0.351 e. The van der Waals surface area contributed by atoms with E-state index < -0.39 is 0 Å². The van der Waals surface area contributed by atoms with E-state index in [0.717, 1.165) is 43.1 Å². The van der Waals surface area contributed by atoms with Gasteiger partial charge in [0.05, 0.1) is 5.75 Å². The first-order valence-electron chi connectivity index (χ1n) is 11.1. The second kappa shape index (κ2) is 10.1. The number of carbonyl (C=O) groups excluding carboxylic acids is 1. The van der Waals surface area contributed by atoms with Gasteiger partial charge in [0, 0.05) is 37.1 Å². The van der Waals surface area contributed by atoms with E-state index in [9.17, 15) is 4.79 Å². The summed E-state index contributed by atoms with van der Waals surface area (Å²) < 4.78 is 1.69. The fourth-order valence-corrected chi connectivity index (χ4v) is 4.76. The molecule has 33 heavy (non-hydrogen) atoms. The zero-order valence-corrected chi connectivity index (χ0v) is 19.0. The molecule has 0 saturated carbocycles. The zero-order chi connectivity index (χ0) is 22.5. The minimum absolute atomic E-state index is 0.0321. The molecule has 0 radical (unpaired) electrons. The fourth-order valence-electron chi connectivity index (χ4n) is 4.09. The molecule has 1 N–H and O–H groups in total. The Morgan fingerprint density at radius 1 is 1.09 bits per heavy atom. The molecule has 1 aliphatic rings. The first kappa shape index (κ1) is 21.5. The highest BCUT2D eigenvalue weighted by Crippen LogP contribution is 2.20. The lowest BCUT2D eigenvalue weighted by molar-refractivity contribution is -0.119. The summed E-state index contributed by atoms with van der Waals surface area (Å²) in [5, 5.41) is 17.0. The van der Waals surface area contributed by atoms with Gasteiger partial charge in [-0.3, -0.25) is 14.7 Å². The van der Waals surface area contributed by atoms with Gasteiger partial charge in [0.25, 0.3) is 0 Å². The van der Waals surface area contributed by atoms with Crippen LogP contribution in [0, 0.1) is 0 Å². The number of amides is 1. The van der Waals surface area contributed by atoms with Crippen molar-refractivity contribution in [1.29, 1.82) is 0 Å². The smallest absolute Gasteiger partial charge is 0.230 e. The zero-order valence-electron chi connectivity index (χ0n) is 18.2. The van der Waals surface area contributed by atoms with Gasteiger partial charge >= 0.3 is 0 Å². The number of carbonyl (C=O) groups is 1. The second-order valence-electron chi connectivity index (χ2n) is 8.12. The van der Waals surface area contributed by atoms with Crippen molar-refractivity contribution in [3.63, 3.8) is 0 Å². The van der Waals surface area contributed by atoms with Crippen LogP contribution in [0.25, 0.3) is 17.0 Å². The molecule has 1 saturated heterocycles. The fraction of sp³-hybridized carbons (Fsp3) is 0.292. The van der Waals surface area contributed by atoms with E-state index >= 15 is 0 Å². The van der Waals surface area contributed by atoms with Gasteiger partial charge in [-0.15, -0.1) is 10.2 Å². The van der Waals surface area contributed by atoms with Crippen molar-refractivity contribution >= 4 is 23.3 Å². The highest BCUT2D eigenvalue weighted by molar-refractivity contribution is 7.99. The van der Waals surface area contributed by atoms with Crippen molar-refractivity contribution in [3.8, 4) is 11.4 Å². The minimum Gasteiger partial charge on any atom is -0.351 e. The molecule has 9 heteroatoms. The maximum Gasteiger partial charge on any atom is 0.230 e. The number of pyridine rings is 1. The Labute approximate surface area is 196 Å². The van der Waals surface area contributed by atoms with Crippen molar-refractivity contribution in [1.82, 2.24) is 35.0 Å². The van der Waals surface area contributed by atoms with Gasteiger partial charge in [0.15, 0.2) is 11.5 Å². The second-order valence-corrected chi connectivity index (χ2v) is 9.12. The number of nitrogens with one attached hydrogen (secondary N) is 1. The third-order valence-corrected chi connectivity index (χ3v) is 6.55. The number of rotatable bonds is 7. The number of piperidine rings is 1. The van der Waals surface area contributed by atoms with Crippen LogP contribution in [-0.4, -0.2) is 60.5 Å². The van der Waals surface area contributed by atoms with Gasteiger partial charge in [-0.1, -0.05) is 42.1 Å². The predicted octanol–water partition coefficient (Wildman–Crippen LogP) is 3.06. The summed E-state index contributed by atoms with van der Waals surface area (Å²) in [4.78, 5) is 19.2. The van der Waals surface area contributed by atoms with Crippen LogP contribution in [0.15, 0.2) is 72.0 Å². The molecule has 0 unspecified atom stereocenters. The number of benzene rings is 1. The number of nitrogens with zero attached hydrogens (tertiary/aromatic N) is 6. The molecule has 1 aromatic carbocycles. The van der Waals surface area contributed by atoms with Crippen LogP contribution in [0.3, 0.4) is 0 Å². The third kappa shape index (κ3) is 5.37. The maximum absolute atomic E-state index is 12.6. The average Bonchev–Trinajstić information content (AvgIpc) is 3.27. The molecule has 168 valence electrons. The molecule has 4 aromatic rings. The summed E-state index contributed by atoms with van der Waals surface area (Å²) in [5.74, 6) is 0.980. The number of likely N-dealkylation sites (tertiary alicyclic amines) is 1. The molecule has 5 rings (SSSR count). The van der Waals surface area contributed by atoms with Crippen LogP contribution in [-0.2, 0) is 11.3 Å². The molecule has 1 atom stereocenters. The molecule has 1 fully saturated rings. The summed E-state index contributed by atoms with van der Waals surface area (Å²) in [6.07, 6.45) is 5.55. The van der Waals surface area contributed by atoms with Gasteiger partial charge in [-0.2, -0.15) is 9.61 Å². The van der Waals surface area contributed by atoms with Crippen molar-refractivity contribution < 1.29 is 4.79 Å². The van der Waals surface area contributed by atoms with Crippen LogP contribution in [0.2, 0.25) is 0 Å². The van der Waals surface area contributed by atoms with Gasteiger partial charge in [-0.25, -0.2) is 0 Å². The molecular weight excluding hydrogens is 434 g/mol. The van der Waals surface area contributed by atoms with E-state index in [2.05, 4.69) is 54.8 Å². The Balaban J connectivity index is 1.17. The third-order valence-electron chi connectivity index (χ3n) is 5.63. The van der Waals surface area contributed by atoms with Crippen molar-refractivity contribution in [2.24, 2.45) is 0 Å². The molecular formula is C24H25N7OS. The molecule has 0 bridgehead atoms. The van der Waals surface area contributed by atoms with Crippen molar-refractivity contribution in [2.45, 2.75) is 30.5 Å². The number of fused-ring (bicyclic) bond motifs is 1. The topological polar surface area (TPSA) is 88.3 Å². The lowest BCUT2D eigenvalue weighted by Crippen LogP contribution is -2.47. The predicted molar refractivity (Wildman–Crippen MR) is 128 cm³/mol. The van der Waals surface area contributed by atoms with Crippen LogP contribution in [0.5, 0.6) is 0 Å². The van der Waals surface area contributed by atoms with Crippen molar-refractivity contribution in [2.75, 3.05) is 18.8 Å². The van der Waals surface area contributed by atoms with Crippen LogP contribution in [0.1, 0.15) is 18.4 Å². The van der Waals surface area contributed by atoms with E-state index in [-0.39, 0.29) is 11.9 Å². The first-order valence-corrected chi connectivity index (χ1v) is 12.0. The van der Waals surface area contributed by atoms with Crippen LogP contribution >= 0.6 is 11.8 Å². The molecule has 1 amide bonds. The Kier molecular flexibility index (Phi) is 6.59. The first-order chi connectivity index (χ1) is 16.2. The summed E-state index contributed by atoms with van der Waals surface area (Å²) in [5.41, 5.74) is 2.80. The highest BCUT2D eigenvalue weighted by atomic mass is 32.2. The summed E-state index contributed by atoms with van der Waals surface area (Å²) >= 11 is 1.41. The molecule has 1 aliphatic heterocycles. The van der Waals surface area contributed by atoms with Crippen molar-refractivity contribution in [3.05, 3.63) is 72.6 Å². The Bertz CT molecular complexity index is 1220. The molecule has 4 heterocycles. The van der Waals surface area contributed by atoms with E-state index in [1.807, 2.05) is 30.3 Å². The highest BCUT2D eigenvalue weighted by Gasteiger charge is 2.21. The molecule has 8 nitrogen and oxygen atoms in total. The van der Waals surface area contributed by atoms with Gasteiger partial charge < -0.3 is 5.32 Å². The Morgan fingerprint density at radius 2 is 2.00 bits per heavy atom. The van der Waals surface area contributed by atoms with Gasteiger partial charge in [0.1, 0.15) is 5.03 Å². The summed E-state index contributed by atoms with van der Waals surface area (Å²) in [7, 11) is 0. The maximum atomic E-state index is 12.6. The summed E-state index contributed by atoms with van der Waals surface area (Å²) in [6.45, 7) is 2.87. The molecule has 0 spiro atoms. The molecule has 3 aromatic heterocycles. The van der Waals surface area contributed by atoms with E-state index in [0.29, 0.717) is 17.2 Å². The SMILES string of the molecule is O=C(CSc1ccc2nnc(-c3cccnc3)n2n1)N[C@H]1CCCN(Cc2ccccc2)C1.